The Balaban J connectivity index is 2.16. The van der Waals surface area contributed by atoms with Crippen molar-refractivity contribution in [1.82, 2.24) is 14.5 Å². The fourth-order valence-corrected chi connectivity index (χ4v) is 1.99. The van der Waals surface area contributed by atoms with E-state index in [0.717, 1.165) is 11.2 Å². The summed E-state index contributed by atoms with van der Waals surface area (Å²) in [5.41, 5.74) is 2.49. The molecule has 0 bridgehead atoms. The van der Waals surface area contributed by atoms with E-state index in [9.17, 15) is 5.26 Å². The van der Waals surface area contributed by atoms with Crippen molar-refractivity contribution >= 4 is 22.6 Å². The van der Waals surface area contributed by atoms with Gasteiger partial charge in [0.15, 0.2) is 17.2 Å². The minimum absolute atomic E-state index is 0.275. The van der Waals surface area contributed by atoms with Gasteiger partial charge in [-0.2, -0.15) is 5.26 Å². The summed E-state index contributed by atoms with van der Waals surface area (Å²) < 4.78 is 1.83. The molecule has 0 atom stereocenters. The number of nitriles is 1. The molecule has 0 amide bonds. The molecule has 0 aliphatic rings. The molecule has 0 aliphatic heterocycles. The number of para-hydroxylation sites is 1. The second kappa shape index (κ2) is 4.94. The normalized spacial score (nSPS) is 11.5. The lowest BCUT2D eigenvalue weighted by Crippen LogP contribution is -2.06. The van der Waals surface area contributed by atoms with Gasteiger partial charge in [-0.25, -0.2) is 15.0 Å². The van der Waals surface area contributed by atoms with Gasteiger partial charge in [0.2, 0.25) is 0 Å². The molecule has 96 valence electrons. The van der Waals surface area contributed by atoms with Gasteiger partial charge in [0.05, 0.1) is 11.2 Å². The summed E-state index contributed by atoms with van der Waals surface area (Å²) in [5.74, 6) is 0.519. The number of imidazole rings is 1. The Labute approximate surface area is 115 Å². The molecule has 1 aromatic carbocycles. The molecular formula is C15H11N5. The highest BCUT2D eigenvalue weighted by atomic mass is 15.1. The van der Waals surface area contributed by atoms with Crippen LogP contribution in [0.2, 0.25) is 0 Å². The summed E-state index contributed by atoms with van der Waals surface area (Å²) >= 11 is 0. The van der Waals surface area contributed by atoms with E-state index in [2.05, 4.69) is 21.0 Å². The summed E-state index contributed by atoms with van der Waals surface area (Å²) in [6, 6.07) is 15.2. The predicted molar refractivity (Wildman–Crippen MR) is 76.8 cm³/mol. The number of aliphatic imine (C=N–C) groups is 1. The Morgan fingerprint density at radius 3 is 2.70 bits per heavy atom. The van der Waals surface area contributed by atoms with Gasteiger partial charge in [-0.05, 0) is 24.3 Å². The van der Waals surface area contributed by atoms with Gasteiger partial charge < -0.3 is 4.57 Å². The fourth-order valence-electron chi connectivity index (χ4n) is 1.99. The molecule has 3 rings (SSSR count). The number of aromatic nitrogens is 3. The lowest BCUT2D eigenvalue weighted by atomic mass is 10.3. The fraction of sp³-hybridized carbons (Fsp3) is 0.0667. The highest BCUT2D eigenvalue weighted by Gasteiger charge is 2.13. The Kier molecular flexibility index (Phi) is 2.98. The van der Waals surface area contributed by atoms with E-state index >= 15 is 0 Å². The summed E-state index contributed by atoms with van der Waals surface area (Å²) in [7, 11) is 1.85. The largest absolute Gasteiger partial charge is 0.324 e. The zero-order valence-corrected chi connectivity index (χ0v) is 10.9. The maximum atomic E-state index is 9.34. The van der Waals surface area contributed by atoms with Crippen LogP contribution in [-0.4, -0.2) is 20.2 Å². The molecular weight excluding hydrogens is 250 g/mol. The van der Waals surface area contributed by atoms with E-state index in [1.807, 2.05) is 54.1 Å². The third-order valence-corrected chi connectivity index (χ3v) is 2.97. The van der Waals surface area contributed by atoms with Crippen molar-refractivity contribution in [2.24, 2.45) is 12.0 Å². The number of hydrogen-bond acceptors (Lipinski definition) is 4. The van der Waals surface area contributed by atoms with Crippen LogP contribution < -0.4 is 0 Å². The predicted octanol–water partition coefficient (Wildman–Crippen LogP) is 2.61. The minimum Gasteiger partial charge on any atom is -0.324 e. The molecule has 0 radical (unpaired) electrons. The Bertz CT molecular complexity index is 824. The molecule has 0 spiro atoms. The van der Waals surface area contributed by atoms with Gasteiger partial charge in [0.1, 0.15) is 6.07 Å². The summed E-state index contributed by atoms with van der Waals surface area (Å²) in [6.45, 7) is 0. The smallest absolute Gasteiger partial charge is 0.184 e. The van der Waals surface area contributed by atoms with Crippen LogP contribution in [0.5, 0.6) is 0 Å². The summed E-state index contributed by atoms with van der Waals surface area (Å²) in [6.07, 6.45) is 1.68. The number of rotatable bonds is 2. The number of pyridine rings is 1. The Hall–Kier alpha value is -3.00. The van der Waals surface area contributed by atoms with Crippen LogP contribution in [0.3, 0.4) is 0 Å². The van der Waals surface area contributed by atoms with Crippen molar-refractivity contribution < 1.29 is 0 Å². The highest BCUT2D eigenvalue weighted by molar-refractivity contribution is 6.11. The second-order valence-electron chi connectivity index (χ2n) is 4.25. The van der Waals surface area contributed by atoms with Crippen molar-refractivity contribution in [3.8, 4) is 6.07 Å². The molecule has 20 heavy (non-hydrogen) atoms. The van der Waals surface area contributed by atoms with E-state index in [4.69, 9.17) is 0 Å². The van der Waals surface area contributed by atoms with Crippen LogP contribution in [0, 0.1) is 11.3 Å². The van der Waals surface area contributed by atoms with Crippen LogP contribution in [0.15, 0.2) is 53.7 Å². The average molecular weight is 261 g/mol. The standard InChI is InChI=1S/C15H11N5/c1-20-13-8-5-9-17-14(13)19-15(20)12(10-16)18-11-6-3-2-4-7-11/h2-9H,1H3. The molecule has 2 heterocycles. The van der Waals surface area contributed by atoms with Gasteiger partial charge in [0, 0.05) is 13.2 Å². The van der Waals surface area contributed by atoms with Crippen molar-refractivity contribution in [2.45, 2.75) is 0 Å². The molecule has 0 unspecified atom stereocenters. The van der Waals surface area contributed by atoms with Crippen molar-refractivity contribution in [3.05, 3.63) is 54.5 Å². The van der Waals surface area contributed by atoms with Crippen molar-refractivity contribution in [3.63, 3.8) is 0 Å². The topological polar surface area (TPSA) is 66.9 Å². The lowest BCUT2D eigenvalue weighted by molar-refractivity contribution is 0.931. The molecule has 3 aromatic rings. The highest BCUT2D eigenvalue weighted by Crippen LogP contribution is 2.16. The van der Waals surface area contributed by atoms with Gasteiger partial charge in [-0.3, -0.25) is 0 Å². The van der Waals surface area contributed by atoms with Gasteiger partial charge in [-0.1, -0.05) is 18.2 Å². The maximum absolute atomic E-state index is 9.34. The van der Waals surface area contributed by atoms with Crippen molar-refractivity contribution in [2.75, 3.05) is 0 Å². The zero-order chi connectivity index (χ0) is 13.9. The molecule has 5 nitrogen and oxygen atoms in total. The van der Waals surface area contributed by atoms with Crippen LogP contribution in [0.1, 0.15) is 5.82 Å². The van der Waals surface area contributed by atoms with E-state index < -0.39 is 0 Å². The van der Waals surface area contributed by atoms with Gasteiger partial charge in [-0.15, -0.1) is 0 Å². The van der Waals surface area contributed by atoms with Crippen LogP contribution in [0.25, 0.3) is 11.2 Å². The third-order valence-electron chi connectivity index (χ3n) is 2.97. The minimum atomic E-state index is 0.275. The van der Waals surface area contributed by atoms with E-state index in [0.29, 0.717) is 11.5 Å². The van der Waals surface area contributed by atoms with Crippen molar-refractivity contribution in [1.29, 1.82) is 5.26 Å². The number of nitrogens with zero attached hydrogens (tertiary/aromatic N) is 5. The molecule has 0 fully saturated rings. The van der Waals surface area contributed by atoms with Gasteiger partial charge >= 0.3 is 0 Å². The quantitative estimate of drug-likeness (QED) is 0.666. The Morgan fingerprint density at radius 1 is 1.20 bits per heavy atom. The zero-order valence-electron chi connectivity index (χ0n) is 10.9. The molecule has 2 aromatic heterocycles. The van der Waals surface area contributed by atoms with E-state index in [-0.39, 0.29) is 5.71 Å². The van der Waals surface area contributed by atoms with Crippen LogP contribution in [-0.2, 0) is 7.05 Å². The van der Waals surface area contributed by atoms with E-state index in [1.165, 1.54) is 0 Å². The summed E-state index contributed by atoms with van der Waals surface area (Å²) in [4.78, 5) is 12.9. The molecule has 0 saturated heterocycles. The first kappa shape index (κ1) is 12.1. The first-order valence-electron chi connectivity index (χ1n) is 6.11. The molecule has 0 saturated carbocycles. The first-order chi connectivity index (χ1) is 9.79. The molecule has 0 N–H and O–H groups in total. The second-order valence-corrected chi connectivity index (χ2v) is 4.25. The number of aryl methyl sites for hydroxylation is 1. The van der Waals surface area contributed by atoms with Crippen LogP contribution >= 0.6 is 0 Å². The van der Waals surface area contributed by atoms with Crippen LogP contribution in [0.4, 0.5) is 5.69 Å². The first-order valence-corrected chi connectivity index (χ1v) is 6.11. The maximum Gasteiger partial charge on any atom is 0.184 e. The number of fused-ring (bicyclic) bond motifs is 1. The van der Waals surface area contributed by atoms with Gasteiger partial charge in [0.25, 0.3) is 0 Å². The number of benzene rings is 1. The average Bonchev–Trinajstić information content (AvgIpc) is 2.83. The summed E-state index contributed by atoms with van der Waals surface area (Å²) in [5, 5.41) is 9.34. The van der Waals surface area contributed by atoms with E-state index in [1.54, 1.807) is 6.20 Å². The monoisotopic (exact) mass is 261 g/mol. The lowest BCUT2D eigenvalue weighted by Gasteiger charge is -1.99. The Morgan fingerprint density at radius 2 is 2.00 bits per heavy atom. The molecule has 5 heteroatoms. The number of hydrogen-bond donors (Lipinski definition) is 0. The third kappa shape index (κ3) is 2.04. The SMILES string of the molecule is Cn1c(C(C#N)=Nc2ccccc2)nc2ncccc21. The molecule has 0 aliphatic carbocycles.